The minimum atomic E-state index is -0.288. The zero-order valence-electron chi connectivity index (χ0n) is 11.7. The van der Waals surface area contributed by atoms with E-state index in [-0.39, 0.29) is 18.0 Å². The Labute approximate surface area is 117 Å². The second-order valence-electron chi connectivity index (χ2n) is 5.02. The van der Waals surface area contributed by atoms with E-state index in [1.165, 1.54) is 5.56 Å². The first kappa shape index (κ1) is 13.8. The third-order valence-corrected chi connectivity index (χ3v) is 3.66. The lowest BCUT2D eigenvalue weighted by molar-refractivity contribution is -0.122. The molecule has 102 valence electrons. The van der Waals surface area contributed by atoms with E-state index in [4.69, 9.17) is 0 Å². The van der Waals surface area contributed by atoms with Crippen LogP contribution in [0.15, 0.2) is 18.2 Å². The van der Waals surface area contributed by atoms with Gasteiger partial charge in [-0.2, -0.15) is 0 Å². The lowest BCUT2D eigenvalue weighted by Crippen LogP contribution is -2.40. The molecule has 1 aromatic heterocycles. The number of aromatic nitrogens is 1. The molecule has 0 saturated heterocycles. The molecule has 2 aromatic rings. The molecular weight excluding hydrogens is 258 g/mol. The van der Waals surface area contributed by atoms with E-state index in [0.717, 1.165) is 15.3 Å². The number of hydrogen-bond acceptors (Lipinski definition) is 4. The predicted molar refractivity (Wildman–Crippen MR) is 80.7 cm³/mol. The Morgan fingerprint density at radius 2 is 2.05 bits per heavy atom. The number of hydrogen-bond donors (Lipinski definition) is 2. The molecule has 0 fully saturated rings. The van der Waals surface area contributed by atoms with Crippen molar-refractivity contribution < 1.29 is 4.79 Å². The Morgan fingerprint density at radius 3 is 2.74 bits per heavy atom. The average molecular weight is 277 g/mol. The number of fused-ring (bicyclic) bond motifs is 1. The smallest absolute Gasteiger partial charge is 0.242 e. The summed E-state index contributed by atoms with van der Waals surface area (Å²) in [5, 5.41) is 6.82. The highest BCUT2D eigenvalue weighted by Gasteiger charge is 2.15. The fourth-order valence-electron chi connectivity index (χ4n) is 1.75. The van der Waals surface area contributed by atoms with Gasteiger partial charge in [0.15, 0.2) is 5.13 Å². The first-order valence-corrected chi connectivity index (χ1v) is 7.21. The molecule has 1 heterocycles. The van der Waals surface area contributed by atoms with Crippen molar-refractivity contribution in [2.24, 2.45) is 0 Å². The van der Waals surface area contributed by atoms with Gasteiger partial charge in [0.2, 0.25) is 5.91 Å². The molecule has 1 atom stereocenters. The van der Waals surface area contributed by atoms with E-state index < -0.39 is 0 Å². The maximum absolute atomic E-state index is 11.8. The zero-order valence-corrected chi connectivity index (χ0v) is 12.5. The second kappa shape index (κ2) is 5.57. The van der Waals surface area contributed by atoms with Crippen molar-refractivity contribution in [3.63, 3.8) is 0 Å². The summed E-state index contributed by atoms with van der Waals surface area (Å²) in [5.74, 6) is -0.00885. The topological polar surface area (TPSA) is 54.0 Å². The van der Waals surface area contributed by atoms with E-state index in [9.17, 15) is 4.79 Å². The van der Waals surface area contributed by atoms with Crippen LogP contribution in [0, 0.1) is 6.92 Å². The summed E-state index contributed by atoms with van der Waals surface area (Å²) in [5.41, 5.74) is 2.18. The van der Waals surface area contributed by atoms with Gasteiger partial charge in [-0.1, -0.05) is 17.4 Å². The van der Waals surface area contributed by atoms with Crippen LogP contribution >= 0.6 is 11.3 Å². The third kappa shape index (κ3) is 3.44. The largest absolute Gasteiger partial charge is 0.352 e. The van der Waals surface area contributed by atoms with E-state index >= 15 is 0 Å². The molecule has 0 spiro atoms. The SMILES string of the molecule is Cc1ccc2nc(NC(C)C(=O)NC(C)C)sc2c1. The van der Waals surface area contributed by atoms with Crippen molar-refractivity contribution >= 4 is 32.6 Å². The number of benzene rings is 1. The van der Waals surface area contributed by atoms with Gasteiger partial charge in [-0.3, -0.25) is 4.79 Å². The normalized spacial score (nSPS) is 12.7. The Morgan fingerprint density at radius 1 is 1.32 bits per heavy atom. The van der Waals surface area contributed by atoms with Gasteiger partial charge in [0, 0.05) is 6.04 Å². The minimum absolute atomic E-state index is 0.00885. The maximum Gasteiger partial charge on any atom is 0.242 e. The second-order valence-corrected chi connectivity index (χ2v) is 6.05. The summed E-state index contributed by atoms with van der Waals surface area (Å²) < 4.78 is 1.14. The van der Waals surface area contributed by atoms with E-state index in [1.54, 1.807) is 11.3 Å². The molecule has 4 nitrogen and oxygen atoms in total. The number of amides is 1. The number of thiazole rings is 1. The number of rotatable bonds is 4. The van der Waals surface area contributed by atoms with E-state index in [0.29, 0.717) is 0 Å². The van der Waals surface area contributed by atoms with Crippen LogP contribution < -0.4 is 10.6 Å². The monoisotopic (exact) mass is 277 g/mol. The van der Waals surface area contributed by atoms with Crippen molar-refractivity contribution in [3.8, 4) is 0 Å². The summed E-state index contributed by atoms with van der Waals surface area (Å²) in [6.07, 6.45) is 0. The van der Waals surface area contributed by atoms with Crippen molar-refractivity contribution in [3.05, 3.63) is 23.8 Å². The van der Waals surface area contributed by atoms with Crippen LogP contribution in [0.3, 0.4) is 0 Å². The van der Waals surface area contributed by atoms with Crippen LogP contribution in [0.1, 0.15) is 26.3 Å². The molecule has 0 radical (unpaired) electrons. The van der Waals surface area contributed by atoms with Gasteiger partial charge in [0.1, 0.15) is 6.04 Å². The van der Waals surface area contributed by atoms with Crippen LogP contribution in [0.25, 0.3) is 10.2 Å². The summed E-state index contributed by atoms with van der Waals surface area (Å²) in [7, 11) is 0. The van der Waals surface area contributed by atoms with Gasteiger partial charge >= 0.3 is 0 Å². The Bertz CT molecular complexity index is 591. The standard InChI is InChI=1S/C14H19N3OS/c1-8(2)15-13(18)10(4)16-14-17-11-6-5-9(3)7-12(11)19-14/h5-8,10H,1-4H3,(H,15,18)(H,16,17). The summed E-state index contributed by atoms with van der Waals surface area (Å²) in [6, 6.07) is 6.02. The van der Waals surface area contributed by atoms with Gasteiger partial charge in [0.05, 0.1) is 10.2 Å². The lowest BCUT2D eigenvalue weighted by Gasteiger charge is -2.15. The Balaban J connectivity index is 2.10. The number of anilines is 1. The van der Waals surface area contributed by atoms with Gasteiger partial charge in [-0.05, 0) is 45.4 Å². The van der Waals surface area contributed by atoms with Crippen LogP contribution in [0.5, 0.6) is 0 Å². The van der Waals surface area contributed by atoms with E-state index in [1.807, 2.05) is 32.9 Å². The van der Waals surface area contributed by atoms with Gasteiger partial charge in [-0.25, -0.2) is 4.98 Å². The number of carbonyl (C=O) groups excluding carboxylic acids is 1. The molecule has 0 aliphatic heterocycles. The molecule has 2 rings (SSSR count). The quantitative estimate of drug-likeness (QED) is 0.903. The van der Waals surface area contributed by atoms with Crippen LogP contribution in [-0.4, -0.2) is 23.0 Å². The highest BCUT2D eigenvalue weighted by atomic mass is 32.1. The molecule has 5 heteroatoms. The van der Waals surface area contributed by atoms with Crippen molar-refractivity contribution in [1.82, 2.24) is 10.3 Å². The number of nitrogens with zero attached hydrogens (tertiary/aromatic N) is 1. The van der Waals surface area contributed by atoms with Crippen LogP contribution in [-0.2, 0) is 4.79 Å². The fraction of sp³-hybridized carbons (Fsp3) is 0.429. The van der Waals surface area contributed by atoms with Gasteiger partial charge in [-0.15, -0.1) is 0 Å². The van der Waals surface area contributed by atoms with Crippen molar-refractivity contribution in [2.75, 3.05) is 5.32 Å². The minimum Gasteiger partial charge on any atom is -0.352 e. The summed E-state index contributed by atoms with van der Waals surface area (Å²) in [4.78, 5) is 16.3. The Kier molecular flexibility index (Phi) is 4.04. The fourth-order valence-corrected chi connectivity index (χ4v) is 2.80. The van der Waals surface area contributed by atoms with E-state index in [2.05, 4.69) is 28.6 Å². The van der Waals surface area contributed by atoms with Gasteiger partial charge in [0.25, 0.3) is 0 Å². The molecular formula is C14H19N3OS. The molecule has 19 heavy (non-hydrogen) atoms. The molecule has 2 N–H and O–H groups in total. The number of aryl methyl sites for hydroxylation is 1. The number of carbonyl (C=O) groups is 1. The highest BCUT2D eigenvalue weighted by Crippen LogP contribution is 2.27. The molecule has 1 aromatic carbocycles. The molecule has 1 amide bonds. The molecule has 0 aliphatic rings. The lowest BCUT2D eigenvalue weighted by atomic mass is 10.2. The summed E-state index contributed by atoms with van der Waals surface area (Å²) >= 11 is 1.57. The van der Waals surface area contributed by atoms with Gasteiger partial charge < -0.3 is 10.6 Å². The van der Waals surface area contributed by atoms with Crippen LogP contribution in [0.4, 0.5) is 5.13 Å². The maximum atomic E-state index is 11.8. The molecule has 0 saturated carbocycles. The average Bonchev–Trinajstić information content (AvgIpc) is 2.69. The zero-order chi connectivity index (χ0) is 14.0. The highest BCUT2D eigenvalue weighted by molar-refractivity contribution is 7.22. The van der Waals surface area contributed by atoms with Crippen molar-refractivity contribution in [1.29, 1.82) is 0 Å². The predicted octanol–water partition coefficient (Wildman–Crippen LogP) is 2.93. The van der Waals surface area contributed by atoms with Crippen molar-refractivity contribution in [2.45, 2.75) is 39.8 Å². The molecule has 1 unspecified atom stereocenters. The molecule has 0 aliphatic carbocycles. The number of nitrogens with one attached hydrogen (secondary N) is 2. The Hall–Kier alpha value is -1.62. The molecule has 0 bridgehead atoms. The third-order valence-electron chi connectivity index (χ3n) is 2.71. The first-order chi connectivity index (χ1) is 8.95. The summed E-state index contributed by atoms with van der Waals surface area (Å²) in [6.45, 7) is 7.80. The first-order valence-electron chi connectivity index (χ1n) is 6.40. The van der Waals surface area contributed by atoms with Crippen LogP contribution in [0.2, 0.25) is 0 Å².